The number of nitrogens with zero attached hydrogens (tertiary/aromatic N) is 2. The van der Waals surface area contributed by atoms with Crippen molar-refractivity contribution in [1.82, 2.24) is 9.29 Å². The number of pyridine rings is 1. The molecule has 5 nitrogen and oxygen atoms in total. The van der Waals surface area contributed by atoms with Gasteiger partial charge in [-0.25, -0.2) is 4.98 Å². The summed E-state index contributed by atoms with van der Waals surface area (Å²) in [5.41, 5.74) is 0. The van der Waals surface area contributed by atoms with E-state index in [0.717, 1.165) is 8.78 Å². The van der Waals surface area contributed by atoms with Crippen LogP contribution in [0.3, 0.4) is 0 Å². The molecule has 1 N–H and O–H groups in total. The average Bonchev–Trinajstić information content (AvgIpc) is 2.08. The number of hydrogen-bond donors (Lipinski definition) is 1. The number of aromatic nitrogens is 1. The van der Waals surface area contributed by atoms with Crippen LogP contribution in [-0.2, 0) is 10.2 Å². The van der Waals surface area contributed by atoms with Crippen molar-refractivity contribution in [3.8, 4) is 0 Å². The lowest BCUT2D eigenvalue weighted by Gasteiger charge is -2.12. The van der Waals surface area contributed by atoms with E-state index in [1.54, 1.807) is 12.1 Å². The zero-order chi connectivity index (χ0) is 10.8. The second-order valence-electron chi connectivity index (χ2n) is 2.75. The van der Waals surface area contributed by atoms with E-state index in [1.807, 2.05) is 0 Å². The van der Waals surface area contributed by atoms with Crippen LogP contribution in [-0.4, -0.2) is 31.8 Å². The molecule has 0 bridgehead atoms. The van der Waals surface area contributed by atoms with Crippen molar-refractivity contribution in [2.45, 2.75) is 0 Å². The third kappa shape index (κ3) is 2.93. The number of hydrogen-bond acceptors (Lipinski definition) is 3. The first kappa shape index (κ1) is 11.4. The Morgan fingerprint density at radius 3 is 2.50 bits per heavy atom. The van der Waals surface area contributed by atoms with Gasteiger partial charge in [0, 0.05) is 24.8 Å². The Bertz CT molecular complexity index is 401. The summed E-state index contributed by atoms with van der Waals surface area (Å²) < 4.78 is 26.9. The maximum Gasteiger partial charge on any atom is 0.302 e. The Morgan fingerprint density at radius 2 is 2.07 bits per heavy atom. The molecule has 0 unspecified atom stereocenters. The predicted octanol–water partition coefficient (Wildman–Crippen LogP) is 1.06. The normalized spacial score (nSPS) is 11.7. The number of rotatable bonds is 3. The van der Waals surface area contributed by atoms with Gasteiger partial charge in [-0.1, -0.05) is 0 Å². The van der Waals surface area contributed by atoms with Crippen molar-refractivity contribution in [1.29, 1.82) is 0 Å². The van der Waals surface area contributed by atoms with Crippen molar-refractivity contribution in [3.05, 3.63) is 22.8 Å². The molecule has 0 aliphatic heterocycles. The van der Waals surface area contributed by atoms with Crippen LogP contribution in [0, 0.1) is 0 Å². The molecule has 1 aromatic heterocycles. The molecule has 1 rings (SSSR count). The first-order valence-electron chi connectivity index (χ1n) is 3.73. The van der Waals surface area contributed by atoms with Crippen molar-refractivity contribution in [3.63, 3.8) is 0 Å². The summed E-state index contributed by atoms with van der Waals surface area (Å²) in [6.07, 6.45) is 1.52. The molecule has 0 aliphatic carbocycles. The lowest BCUT2D eigenvalue weighted by atomic mass is 10.5. The average molecular weight is 280 g/mol. The molecule has 0 atom stereocenters. The van der Waals surface area contributed by atoms with E-state index in [4.69, 9.17) is 0 Å². The van der Waals surface area contributed by atoms with Gasteiger partial charge in [0.15, 0.2) is 0 Å². The van der Waals surface area contributed by atoms with Gasteiger partial charge < -0.3 is 0 Å². The van der Waals surface area contributed by atoms with Crippen molar-refractivity contribution >= 4 is 32.0 Å². The van der Waals surface area contributed by atoms with Crippen molar-refractivity contribution in [2.24, 2.45) is 0 Å². The number of anilines is 1. The van der Waals surface area contributed by atoms with Crippen LogP contribution in [0.1, 0.15) is 0 Å². The quantitative estimate of drug-likeness (QED) is 0.900. The molecule has 0 aliphatic rings. The maximum absolute atomic E-state index is 11.3. The topological polar surface area (TPSA) is 62.3 Å². The minimum atomic E-state index is -3.46. The molecule has 0 aromatic carbocycles. The fourth-order valence-electron chi connectivity index (χ4n) is 0.660. The van der Waals surface area contributed by atoms with E-state index in [9.17, 15) is 8.42 Å². The molecule has 14 heavy (non-hydrogen) atoms. The first-order valence-corrected chi connectivity index (χ1v) is 5.97. The van der Waals surface area contributed by atoms with Crippen LogP contribution in [0.2, 0.25) is 0 Å². The molecular weight excluding hydrogens is 270 g/mol. The van der Waals surface area contributed by atoms with E-state index in [1.165, 1.54) is 20.3 Å². The van der Waals surface area contributed by atoms with E-state index in [-0.39, 0.29) is 0 Å². The Kier molecular flexibility index (Phi) is 3.46. The summed E-state index contributed by atoms with van der Waals surface area (Å²) in [4.78, 5) is 3.88. The fourth-order valence-corrected chi connectivity index (χ4v) is 1.46. The zero-order valence-corrected chi connectivity index (χ0v) is 10.1. The molecule has 0 amide bonds. The second kappa shape index (κ2) is 4.24. The molecule has 0 saturated heterocycles. The molecule has 7 heteroatoms. The maximum atomic E-state index is 11.3. The van der Waals surface area contributed by atoms with Crippen LogP contribution in [0.25, 0.3) is 0 Å². The molecular formula is C7H10BrN3O2S. The summed E-state index contributed by atoms with van der Waals surface area (Å²) >= 11 is 3.20. The smallest absolute Gasteiger partial charge is 0.254 e. The Hall–Kier alpha value is -0.660. The van der Waals surface area contributed by atoms with Gasteiger partial charge in [0.2, 0.25) is 0 Å². The van der Waals surface area contributed by atoms with Crippen LogP contribution in [0.4, 0.5) is 5.82 Å². The van der Waals surface area contributed by atoms with Crippen LogP contribution >= 0.6 is 15.9 Å². The lowest BCUT2D eigenvalue weighted by molar-refractivity contribution is 0.526. The van der Waals surface area contributed by atoms with Gasteiger partial charge in [-0.2, -0.15) is 12.7 Å². The SMILES string of the molecule is CN(C)S(=O)(=O)Nc1ccc(Br)cn1. The van der Waals surface area contributed by atoms with Gasteiger partial charge in [0.25, 0.3) is 0 Å². The van der Waals surface area contributed by atoms with Gasteiger partial charge in [0.05, 0.1) is 0 Å². The Morgan fingerprint density at radius 1 is 1.43 bits per heavy atom. The minimum Gasteiger partial charge on any atom is -0.254 e. The van der Waals surface area contributed by atoms with Gasteiger partial charge in [0.1, 0.15) is 5.82 Å². The molecule has 78 valence electrons. The predicted molar refractivity (Wildman–Crippen MR) is 58.2 cm³/mol. The third-order valence-electron chi connectivity index (χ3n) is 1.44. The van der Waals surface area contributed by atoms with Crippen molar-refractivity contribution in [2.75, 3.05) is 18.8 Å². The summed E-state index contributed by atoms with van der Waals surface area (Å²) in [5.74, 6) is 0.293. The largest absolute Gasteiger partial charge is 0.302 e. The summed E-state index contributed by atoms with van der Waals surface area (Å²) in [7, 11) is -0.567. The second-order valence-corrected chi connectivity index (χ2v) is 5.55. The molecule has 1 aromatic rings. The summed E-state index contributed by atoms with van der Waals surface area (Å²) in [5, 5.41) is 0. The first-order chi connectivity index (χ1) is 6.42. The van der Waals surface area contributed by atoms with E-state index in [2.05, 4.69) is 25.6 Å². The third-order valence-corrected chi connectivity index (χ3v) is 3.34. The van der Waals surface area contributed by atoms with Crippen molar-refractivity contribution < 1.29 is 8.42 Å². The minimum absolute atomic E-state index is 0.293. The molecule has 0 saturated carbocycles. The lowest BCUT2D eigenvalue weighted by Crippen LogP contribution is -2.29. The molecule has 0 fully saturated rings. The summed E-state index contributed by atoms with van der Waals surface area (Å²) in [6.45, 7) is 0. The Balaban J connectivity index is 2.85. The van der Waals surface area contributed by atoms with Gasteiger partial charge in [-0.15, -0.1) is 0 Å². The van der Waals surface area contributed by atoms with E-state index < -0.39 is 10.2 Å². The van der Waals surface area contributed by atoms with Crippen LogP contribution in [0.5, 0.6) is 0 Å². The molecule has 1 heterocycles. The summed E-state index contributed by atoms with van der Waals surface area (Å²) in [6, 6.07) is 3.28. The fraction of sp³-hybridized carbons (Fsp3) is 0.286. The van der Waals surface area contributed by atoms with E-state index >= 15 is 0 Å². The Labute approximate surface area is 91.5 Å². The van der Waals surface area contributed by atoms with Gasteiger partial charge >= 0.3 is 10.2 Å². The van der Waals surface area contributed by atoms with Gasteiger partial charge in [-0.3, -0.25) is 4.72 Å². The van der Waals surface area contributed by atoms with E-state index in [0.29, 0.717) is 5.82 Å². The van der Waals surface area contributed by atoms with Crippen LogP contribution in [0.15, 0.2) is 22.8 Å². The highest BCUT2D eigenvalue weighted by Gasteiger charge is 2.12. The monoisotopic (exact) mass is 279 g/mol. The highest BCUT2D eigenvalue weighted by molar-refractivity contribution is 9.10. The molecule has 0 radical (unpaired) electrons. The highest BCUT2D eigenvalue weighted by atomic mass is 79.9. The number of nitrogens with one attached hydrogen (secondary N) is 1. The van der Waals surface area contributed by atoms with Gasteiger partial charge in [-0.05, 0) is 28.1 Å². The highest BCUT2D eigenvalue weighted by Crippen LogP contribution is 2.11. The molecule has 0 spiro atoms. The van der Waals surface area contributed by atoms with Crippen LogP contribution < -0.4 is 4.72 Å². The zero-order valence-electron chi connectivity index (χ0n) is 7.73. The number of halogens is 1. The standard InChI is InChI=1S/C7H10BrN3O2S/c1-11(2)14(12,13)10-7-4-3-6(8)5-9-7/h3-5H,1-2H3,(H,9,10).